The molecule has 1 aromatic carbocycles. The highest BCUT2D eigenvalue weighted by Crippen LogP contribution is 2.31. The number of hydrogen-bond acceptors (Lipinski definition) is 2. The van der Waals surface area contributed by atoms with Crippen molar-refractivity contribution in [3.8, 4) is 0 Å². The fourth-order valence-corrected chi connectivity index (χ4v) is 2.96. The summed E-state index contributed by atoms with van der Waals surface area (Å²) in [6, 6.07) is 5.83. The zero-order chi connectivity index (χ0) is 13.3. The van der Waals surface area contributed by atoms with E-state index >= 15 is 0 Å². The lowest BCUT2D eigenvalue weighted by Gasteiger charge is -2.16. The molecule has 0 saturated heterocycles. The van der Waals surface area contributed by atoms with Crippen LogP contribution in [-0.2, 0) is 6.54 Å². The summed E-state index contributed by atoms with van der Waals surface area (Å²) in [6.45, 7) is 4.81. The van der Waals surface area contributed by atoms with Crippen molar-refractivity contribution < 1.29 is 0 Å². The SMILES string of the molecule is CCn1ncc(Cl)c1C(N)c1ccc(C)cc1Br. The number of hydrogen-bond donors (Lipinski definition) is 1. The number of benzene rings is 1. The minimum atomic E-state index is -0.282. The Morgan fingerprint density at radius 3 is 2.83 bits per heavy atom. The zero-order valence-corrected chi connectivity index (χ0v) is 12.7. The maximum atomic E-state index is 6.31. The second-order valence-electron chi connectivity index (χ2n) is 4.20. The van der Waals surface area contributed by atoms with E-state index < -0.39 is 0 Å². The van der Waals surface area contributed by atoms with Crippen molar-refractivity contribution in [2.24, 2.45) is 5.73 Å². The molecule has 0 radical (unpaired) electrons. The van der Waals surface area contributed by atoms with Gasteiger partial charge in [0.05, 0.1) is 23.0 Å². The number of nitrogens with two attached hydrogens (primary N) is 1. The van der Waals surface area contributed by atoms with E-state index in [-0.39, 0.29) is 6.04 Å². The Labute approximate surface area is 120 Å². The maximum Gasteiger partial charge on any atom is 0.0837 e. The molecule has 5 heteroatoms. The largest absolute Gasteiger partial charge is 0.319 e. The Hall–Kier alpha value is -0.840. The van der Waals surface area contributed by atoms with Crippen LogP contribution in [0.5, 0.6) is 0 Å². The van der Waals surface area contributed by atoms with Crippen molar-refractivity contribution in [2.45, 2.75) is 26.4 Å². The number of rotatable bonds is 3. The van der Waals surface area contributed by atoms with Crippen molar-refractivity contribution in [1.29, 1.82) is 0 Å². The zero-order valence-electron chi connectivity index (χ0n) is 10.3. The third-order valence-corrected chi connectivity index (χ3v) is 3.90. The topological polar surface area (TPSA) is 43.8 Å². The van der Waals surface area contributed by atoms with Gasteiger partial charge in [0, 0.05) is 11.0 Å². The van der Waals surface area contributed by atoms with Gasteiger partial charge in [0.15, 0.2) is 0 Å². The second-order valence-corrected chi connectivity index (χ2v) is 5.46. The van der Waals surface area contributed by atoms with E-state index in [1.165, 1.54) is 5.56 Å². The van der Waals surface area contributed by atoms with Crippen LogP contribution in [0, 0.1) is 6.92 Å². The first-order chi connectivity index (χ1) is 8.54. The van der Waals surface area contributed by atoms with Gasteiger partial charge in [0.2, 0.25) is 0 Å². The molecular weight excluding hydrogens is 314 g/mol. The molecule has 0 aliphatic carbocycles. The molecule has 2 aromatic rings. The van der Waals surface area contributed by atoms with Gasteiger partial charge in [-0.3, -0.25) is 4.68 Å². The van der Waals surface area contributed by atoms with Gasteiger partial charge in [-0.05, 0) is 31.0 Å². The summed E-state index contributed by atoms with van der Waals surface area (Å²) in [5.41, 5.74) is 9.36. The normalized spacial score (nSPS) is 12.7. The summed E-state index contributed by atoms with van der Waals surface area (Å²) in [5.74, 6) is 0. The predicted octanol–water partition coefficient (Wildman–Crippen LogP) is 3.68. The Morgan fingerprint density at radius 2 is 2.22 bits per heavy atom. The average molecular weight is 329 g/mol. The standard InChI is InChI=1S/C13H15BrClN3/c1-3-18-13(11(15)7-17-18)12(16)9-5-4-8(2)6-10(9)14/h4-7,12H,3,16H2,1-2H3. The molecule has 2 N–H and O–H groups in total. The van der Waals surface area contributed by atoms with Crippen molar-refractivity contribution in [1.82, 2.24) is 9.78 Å². The van der Waals surface area contributed by atoms with Gasteiger partial charge in [-0.15, -0.1) is 0 Å². The summed E-state index contributed by atoms with van der Waals surface area (Å²) < 4.78 is 2.83. The van der Waals surface area contributed by atoms with Gasteiger partial charge in [-0.25, -0.2) is 0 Å². The molecule has 0 aliphatic heterocycles. The Bertz CT molecular complexity index is 565. The van der Waals surface area contributed by atoms with Crippen LogP contribution in [0.2, 0.25) is 5.02 Å². The summed E-state index contributed by atoms with van der Waals surface area (Å²) in [5, 5.41) is 4.83. The number of aryl methyl sites for hydroxylation is 2. The Balaban J connectivity index is 2.47. The lowest BCUT2D eigenvalue weighted by molar-refractivity contribution is 0.600. The van der Waals surface area contributed by atoms with Gasteiger partial charge in [0.25, 0.3) is 0 Å². The molecule has 18 heavy (non-hydrogen) atoms. The van der Waals surface area contributed by atoms with E-state index in [0.717, 1.165) is 22.3 Å². The average Bonchev–Trinajstić information content (AvgIpc) is 2.69. The molecule has 1 heterocycles. The molecule has 0 spiro atoms. The molecule has 0 saturated carbocycles. The van der Waals surface area contributed by atoms with Gasteiger partial charge in [-0.2, -0.15) is 5.10 Å². The van der Waals surface area contributed by atoms with Crippen LogP contribution in [0.4, 0.5) is 0 Å². The first-order valence-corrected chi connectivity index (χ1v) is 6.94. The summed E-state index contributed by atoms with van der Waals surface area (Å²) in [6.07, 6.45) is 1.64. The Kier molecular flexibility index (Phi) is 4.10. The van der Waals surface area contributed by atoms with Crippen molar-refractivity contribution in [3.05, 3.63) is 50.7 Å². The molecule has 0 fully saturated rings. The van der Waals surface area contributed by atoms with Gasteiger partial charge in [-0.1, -0.05) is 39.7 Å². The van der Waals surface area contributed by atoms with Crippen LogP contribution in [0.3, 0.4) is 0 Å². The minimum absolute atomic E-state index is 0.282. The first-order valence-electron chi connectivity index (χ1n) is 5.77. The molecular formula is C13H15BrClN3. The number of aromatic nitrogens is 2. The highest BCUT2D eigenvalue weighted by molar-refractivity contribution is 9.10. The van der Waals surface area contributed by atoms with Crippen LogP contribution in [0.1, 0.15) is 29.8 Å². The molecule has 3 nitrogen and oxygen atoms in total. The lowest BCUT2D eigenvalue weighted by atomic mass is 10.0. The van der Waals surface area contributed by atoms with E-state index in [9.17, 15) is 0 Å². The quantitative estimate of drug-likeness (QED) is 0.934. The molecule has 0 amide bonds. The summed E-state index contributed by atoms with van der Waals surface area (Å²) in [7, 11) is 0. The summed E-state index contributed by atoms with van der Waals surface area (Å²) >= 11 is 9.73. The first kappa shape index (κ1) is 13.6. The van der Waals surface area contributed by atoms with Crippen LogP contribution in [0.15, 0.2) is 28.9 Å². The summed E-state index contributed by atoms with van der Waals surface area (Å²) in [4.78, 5) is 0. The van der Waals surface area contributed by atoms with E-state index in [4.69, 9.17) is 17.3 Å². The molecule has 0 bridgehead atoms. The van der Waals surface area contributed by atoms with Crippen LogP contribution < -0.4 is 5.73 Å². The van der Waals surface area contributed by atoms with E-state index in [1.807, 2.05) is 30.7 Å². The van der Waals surface area contributed by atoms with Gasteiger partial charge < -0.3 is 5.73 Å². The van der Waals surface area contributed by atoms with Crippen molar-refractivity contribution >= 4 is 27.5 Å². The fraction of sp³-hybridized carbons (Fsp3) is 0.308. The smallest absolute Gasteiger partial charge is 0.0837 e. The highest BCUT2D eigenvalue weighted by atomic mass is 79.9. The maximum absolute atomic E-state index is 6.31. The van der Waals surface area contributed by atoms with E-state index in [1.54, 1.807) is 6.20 Å². The lowest BCUT2D eigenvalue weighted by Crippen LogP contribution is -2.18. The molecule has 1 aromatic heterocycles. The molecule has 96 valence electrons. The third-order valence-electron chi connectivity index (χ3n) is 2.92. The van der Waals surface area contributed by atoms with Crippen LogP contribution in [-0.4, -0.2) is 9.78 Å². The highest BCUT2D eigenvalue weighted by Gasteiger charge is 2.19. The number of halogens is 2. The second kappa shape index (κ2) is 5.43. The van der Waals surface area contributed by atoms with E-state index in [2.05, 4.69) is 27.1 Å². The van der Waals surface area contributed by atoms with Crippen LogP contribution >= 0.6 is 27.5 Å². The monoisotopic (exact) mass is 327 g/mol. The molecule has 2 rings (SSSR count). The van der Waals surface area contributed by atoms with Crippen molar-refractivity contribution in [3.63, 3.8) is 0 Å². The van der Waals surface area contributed by atoms with Gasteiger partial charge >= 0.3 is 0 Å². The third kappa shape index (κ3) is 2.46. The molecule has 0 aliphatic rings. The molecule has 1 unspecified atom stereocenters. The van der Waals surface area contributed by atoms with Gasteiger partial charge in [0.1, 0.15) is 0 Å². The van der Waals surface area contributed by atoms with E-state index in [0.29, 0.717) is 5.02 Å². The predicted molar refractivity (Wildman–Crippen MR) is 77.8 cm³/mol. The minimum Gasteiger partial charge on any atom is -0.319 e. The Morgan fingerprint density at radius 1 is 1.50 bits per heavy atom. The van der Waals surface area contributed by atoms with Crippen molar-refractivity contribution in [2.75, 3.05) is 0 Å². The molecule has 1 atom stereocenters. The van der Waals surface area contributed by atoms with Crippen LogP contribution in [0.25, 0.3) is 0 Å². The fourth-order valence-electron chi connectivity index (χ4n) is 1.96. The number of nitrogens with zero attached hydrogens (tertiary/aromatic N) is 2.